The van der Waals surface area contributed by atoms with Crippen LogP contribution in [0.2, 0.25) is 0 Å². The van der Waals surface area contributed by atoms with Gasteiger partial charge in [-0.15, -0.1) is 0 Å². The van der Waals surface area contributed by atoms with E-state index < -0.39 is 18.2 Å². The van der Waals surface area contributed by atoms with Gasteiger partial charge in [0.05, 0.1) is 7.11 Å². The van der Waals surface area contributed by atoms with Gasteiger partial charge in [0.15, 0.2) is 11.9 Å². The van der Waals surface area contributed by atoms with Gasteiger partial charge in [-0.3, -0.25) is 4.79 Å². The van der Waals surface area contributed by atoms with E-state index in [-0.39, 0.29) is 5.78 Å². The van der Waals surface area contributed by atoms with E-state index >= 15 is 0 Å². The Morgan fingerprint density at radius 1 is 1.18 bits per heavy atom. The van der Waals surface area contributed by atoms with E-state index in [1.807, 2.05) is 0 Å². The summed E-state index contributed by atoms with van der Waals surface area (Å²) in [5, 5.41) is 19.1. The van der Waals surface area contributed by atoms with Gasteiger partial charge in [-0.25, -0.2) is 4.79 Å². The van der Waals surface area contributed by atoms with Crippen LogP contribution in [-0.4, -0.2) is 35.2 Å². The number of hydrogen-bond acceptors (Lipinski definition) is 5. The van der Waals surface area contributed by atoms with Gasteiger partial charge in [0.1, 0.15) is 6.10 Å². The minimum absolute atomic E-state index is 0.0976. The first-order valence-electron chi connectivity index (χ1n) is 5.02. The third kappa shape index (κ3) is 3.12. The van der Waals surface area contributed by atoms with Crippen LogP contribution in [0.1, 0.15) is 28.9 Å². The molecule has 5 nitrogen and oxygen atoms in total. The van der Waals surface area contributed by atoms with Crippen molar-refractivity contribution in [3.05, 3.63) is 35.4 Å². The van der Waals surface area contributed by atoms with E-state index in [0.717, 1.165) is 7.11 Å². The van der Waals surface area contributed by atoms with Crippen LogP contribution in [0.25, 0.3) is 0 Å². The van der Waals surface area contributed by atoms with Crippen molar-refractivity contribution in [3.8, 4) is 0 Å². The number of carbonyl (C=O) groups excluding carboxylic acids is 2. The number of methoxy groups -OCH3 is 1. The molecule has 2 N–H and O–H groups in total. The second-order valence-corrected chi connectivity index (χ2v) is 3.59. The van der Waals surface area contributed by atoms with Gasteiger partial charge in [-0.2, -0.15) is 0 Å². The summed E-state index contributed by atoms with van der Waals surface area (Å²) in [5.41, 5.74) is 0.835. The molecule has 0 aliphatic heterocycles. The summed E-state index contributed by atoms with van der Waals surface area (Å²) in [7, 11) is 1.12. The molecule has 0 saturated heterocycles. The molecule has 1 aromatic carbocycles. The smallest absolute Gasteiger partial charge is 0.337 e. The fraction of sp³-hybridized carbons (Fsp3) is 0.333. The van der Waals surface area contributed by atoms with Crippen LogP contribution in [-0.2, 0) is 9.53 Å². The van der Waals surface area contributed by atoms with Crippen molar-refractivity contribution in [1.29, 1.82) is 0 Å². The van der Waals surface area contributed by atoms with Crippen LogP contribution in [0.3, 0.4) is 0 Å². The number of aliphatic hydroxyl groups is 2. The molecule has 1 rings (SSSR count). The molecule has 1 aromatic rings. The van der Waals surface area contributed by atoms with Gasteiger partial charge in [0.25, 0.3) is 0 Å². The van der Waals surface area contributed by atoms with E-state index in [9.17, 15) is 19.8 Å². The molecule has 0 spiro atoms. The van der Waals surface area contributed by atoms with Crippen molar-refractivity contribution in [3.63, 3.8) is 0 Å². The topological polar surface area (TPSA) is 83.8 Å². The predicted octanol–water partition coefficient (Wildman–Crippen LogP) is 0.457. The minimum atomic E-state index is -1.64. The molecule has 92 valence electrons. The molecular formula is C12H14O5. The lowest BCUT2D eigenvalue weighted by molar-refractivity contribution is -0.156. The van der Waals surface area contributed by atoms with Crippen LogP contribution in [0, 0.1) is 0 Å². The van der Waals surface area contributed by atoms with Crippen molar-refractivity contribution < 1.29 is 24.5 Å². The van der Waals surface area contributed by atoms with Crippen LogP contribution in [0.15, 0.2) is 24.3 Å². The number of esters is 1. The molecule has 5 heteroatoms. The molecule has 0 saturated carbocycles. The number of carbonyl (C=O) groups is 2. The fourth-order valence-electron chi connectivity index (χ4n) is 1.35. The lowest BCUT2D eigenvalue weighted by Crippen LogP contribution is -2.29. The number of ketones is 1. The minimum Gasteiger partial charge on any atom is -0.467 e. The molecule has 0 bridgehead atoms. The zero-order valence-corrected chi connectivity index (χ0v) is 9.58. The largest absolute Gasteiger partial charge is 0.467 e. The van der Waals surface area contributed by atoms with Gasteiger partial charge in [0.2, 0.25) is 0 Å². The monoisotopic (exact) mass is 238 g/mol. The Balaban J connectivity index is 2.86. The molecule has 0 fully saturated rings. The van der Waals surface area contributed by atoms with Crippen LogP contribution in [0.4, 0.5) is 0 Å². The Labute approximate surface area is 98.6 Å². The van der Waals surface area contributed by atoms with E-state index in [1.54, 1.807) is 0 Å². The lowest BCUT2D eigenvalue weighted by atomic mass is 10.0. The third-order valence-electron chi connectivity index (χ3n) is 2.40. The lowest BCUT2D eigenvalue weighted by Gasteiger charge is -2.16. The Bertz CT molecular complexity index is 409. The summed E-state index contributed by atoms with van der Waals surface area (Å²) in [5.74, 6) is -1.01. The van der Waals surface area contributed by atoms with Crippen molar-refractivity contribution >= 4 is 11.8 Å². The molecular weight excluding hydrogens is 224 g/mol. The highest BCUT2D eigenvalue weighted by Crippen LogP contribution is 2.18. The standard InChI is InChI=1S/C12H14O5/c1-7(13)8-3-5-9(6-4-8)10(14)11(15)12(16)17-2/h3-6,10-11,14-15H,1-2H3. The summed E-state index contributed by atoms with van der Waals surface area (Å²) in [6.07, 6.45) is -3.01. The molecule has 2 unspecified atom stereocenters. The first-order chi connectivity index (χ1) is 7.97. The summed E-state index contributed by atoms with van der Waals surface area (Å²) in [6, 6.07) is 6.00. The highest BCUT2D eigenvalue weighted by molar-refractivity contribution is 5.94. The first-order valence-corrected chi connectivity index (χ1v) is 5.02. The van der Waals surface area contributed by atoms with Crippen LogP contribution in [0.5, 0.6) is 0 Å². The number of rotatable bonds is 4. The van der Waals surface area contributed by atoms with Crippen LogP contribution < -0.4 is 0 Å². The van der Waals surface area contributed by atoms with E-state index in [1.165, 1.54) is 31.2 Å². The van der Waals surface area contributed by atoms with Crippen molar-refractivity contribution in [2.45, 2.75) is 19.1 Å². The number of aliphatic hydroxyl groups excluding tert-OH is 2. The summed E-state index contributed by atoms with van der Waals surface area (Å²) >= 11 is 0. The zero-order chi connectivity index (χ0) is 13.0. The molecule has 2 atom stereocenters. The second kappa shape index (κ2) is 5.56. The summed E-state index contributed by atoms with van der Waals surface area (Å²) in [6.45, 7) is 1.43. The zero-order valence-electron chi connectivity index (χ0n) is 9.58. The second-order valence-electron chi connectivity index (χ2n) is 3.59. The van der Waals surface area contributed by atoms with Gasteiger partial charge in [-0.1, -0.05) is 24.3 Å². The molecule has 0 aliphatic rings. The van der Waals surface area contributed by atoms with Gasteiger partial charge >= 0.3 is 5.97 Å². The van der Waals surface area contributed by atoms with Gasteiger partial charge in [-0.05, 0) is 12.5 Å². The van der Waals surface area contributed by atoms with E-state index in [0.29, 0.717) is 11.1 Å². The average molecular weight is 238 g/mol. The highest BCUT2D eigenvalue weighted by atomic mass is 16.5. The predicted molar refractivity (Wildman–Crippen MR) is 59.4 cm³/mol. The summed E-state index contributed by atoms with van der Waals surface area (Å²) < 4.78 is 4.31. The fourth-order valence-corrected chi connectivity index (χ4v) is 1.35. The average Bonchev–Trinajstić information content (AvgIpc) is 2.36. The van der Waals surface area contributed by atoms with Crippen molar-refractivity contribution in [2.75, 3.05) is 7.11 Å². The Kier molecular flexibility index (Phi) is 4.37. The highest BCUT2D eigenvalue weighted by Gasteiger charge is 2.26. The Hall–Kier alpha value is -1.72. The Morgan fingerprint density at radius 2 is 1.71 bits per heavy atom. The quantitative estimate of drug-likeness (QED) is 0.588. The maximum Gasteiger partial charge on any atom is 0.337 e. The Morgan fingerprint density at radius 3 is 2.12 bits per heavy atom. The number of Topliss-reactive ketones (excluding diaryl/α,β-unsaturated/α-hetero) is 1. The number of ether oxygens (including phenoxy) is 1. The van der Waals surface area contributed by atoms with Crippen molar-refractivity contribution in [1.82, 2.24) is 0 Å². The molecule has 0 radical (unpaired) electrons. The number of hydrogen-bond donors (Lipinski definition) is 2. The first kappa shape index (κ1) is 13.3. The normalized spacial score (nSPS) is 13.9. The van der Waals surface area contributed by atoms with E-state index in [4.69, 9.17) is 0 Å². The maximum atomic E-state index is 11.0. The van der Waals surface area contributed by atoms with E-state index in [2.05, 4.69) is 4.74 Å². The maximum absolute atomic E-state index is 11.0. The molecule has 0 heterocycles. The van der Waals surface area contributed by atoms with Crippen molar-refractivity contribution in [2.24, 2.45) is 0 Å². The van der Waals surface area contributed by atoms with Gasteiger partial charge < -0.3 is 14.9 Å². The molecule has 17 heavy (non-hydrogen) atoms. The molecule has 0 aromatic heterocycles. The molecule has 0 aliphatic carbocycles. The molecule has 0 amide bonds. The third-order valence-corrected chi connectivity index (χ3v) is 2.40. The number of benzene rings is 1. The SMILES string of the molecule is COC(=O)C(O)C(O)c1ccc(C(C)=O)cc1. The summed E-state index contributed by atoms with van der Waals surface area (Å²) in [4.78, 5) is 22.0. The van der Waals surface area contributed by atoms with Crippen LogP contribution >= 0.6 is 0 Å². The van der Waals surface area contributed by atoms with Gasteiger partial charge in [0, 0.05) is 5.56 Å².